The zero-order valence-electron chi connectivity index (χ0n) is 7.47. The van der Waals surface area contributed by atoms with Gasteiger partial charge in [-0.15, -0.1) is 0 Å². The van der Waals surface area contributed by atoms with Crippen molar-refractivity contribution in [1.29, 1.82) is 0 Å². The predicted octanol–water partition coefficient (Wildman–Crippen LogP) is 1.17. The molecule has 2 nitrogen and oxygen atoms in total. The van der Waals surface area contributed by atoms with Crippen molar-refractivity contribution in [2.24, 2.45) is 23.2 Å². The van der Waals surface area contributed by atoms with Gasteiger partial charge in [0.25, 0.3) is 0 Å². The van der Waals surface area contributed by atoms with Crippen LogP contribution in [0.3, 0.4) is 0 Å². The first-order valence-corrected chi connectivity index (χ1v) is 5.01. The van der Waals surface area contributed by atoms with Crippen LogP contribution < -0.4 is 5.32 Å². The van der Waals surface area contributed by atoms with Gasteiger partial charge in [0.2, 0.25) is 5.91 Å². The van der Waals surface area contributed by atoms with Crippen LogP contribution in [0.1, 0.15) is 26.2 Å². The molecule has 0 spiro atoms. The van der Waals surface area contributed by atoms with Gasteiger partial charge in [0.15, 0.2) is 0 Å². The summed E-state index contributed by atoms with van der Waals surface area (Å²) in [5.74, 6) is 2.57. The third-order valence-electron chi connectivity index (χ3n) is 4.63. The number of hydrogen-bond donors (Lipinski definition) is 1. The molecular weight excluding hydrogens is 150 g/mol. The van der Waals surface area contributed by atoms with Gasteiger partial charge < -0.3 is 5.32 Å². The molecule has 12 heavy (non-hydrogen) atoms. The van der Waals surface area contributed by atoms with Gasteiger partial charge in [-0.05, 0) is 37.0 Å². The summed E-state index contributed by atoms with van der Waals surface area (Å²) < 4.78 is 0. The Labute approximate surface area is 72.7 Å². The molecule has 2 bridgehead atoms. The summed E-state index contributed by atoms with van der Waals surface area (Å²) in [6.07, 6.45) is 4.00. The number of carbonyl (C=O) groups is 1. The van der Waals surface area contributed by atoms with Gasteiger partial charge in [-0.3, -0.25) is 4.79 Å². The van der Waals surface area contributed by atoms with Crippen LogP contribution in [0.15, 0.2) is 0 Å². The molecule has 66 valence electrons. The van der Waals surface area contributed by atoms with Gasteiger partial charge >= 0.3 is 0 Å². The van der Waals surface area contributed by atoms with E-state index in [0.29, 0.717) is 17.7 Å². The number of carbonyl (C=O) groups excluding carboxylic acids is 1. The number of nitrogens with one attached hydrogen (secondary N) is 1. The van der Waals surface area contributed by atoms with Crippen molar-refractivity contribution in [3.05, 3.63) is 0 Å². The average Bonchev–Trinajstić information content (AvgIpc) is 2.65. The molecule has 1 heterocycles. The maximum Gasteiger partial charge on any atom is 0.226 e. The maximum atomic E-state index is 11.7. The van der Waals surface area contributed by atoms with Crippen molar-refractivity contribution < 1.29 is 4.79 Å². The third kappa shape index (κ3) is 0.540. The molecule has 4 atom stereocenters. The predicted molar refractivity (Wildman–Crippen MR) is 45.4 cm³/mol. The molecule has 2 saturated carbocycles. The van der Waals surface area contributed by atoms with Crippen LogP contribution in [-0.2, 0) is 4.79 Å². The highest BCUT2D eigenvalue weighted by atomic mass is 16.2. The summed E-state index contributed by atoms with van der Waals surface area (Å²) in [6, 6.07) is 0. The number of hydrogen-bond acceptors (Lipinski definition) is 1. The highest BCUT2D eigenvalue weighted by molar-refractivity contribution is 5.86. The van der Waals surface area contributed by atoms with Crippen molar-refractivity contribution in [3.63, 3.8) is 0 Å². The van der Waals surface area contributed by atoms with Gasteiger partial charge in [0.05, 0.1) is 5.41 Å². The minimum absolute atomic E-state index is 0.0307. The van der Waals surface area contributed by atoms with E-state index in [-0.39, 0.29) is 5.41 Å². The van der Waals surface area contributed by atoms with E-state index in [9.17, 15) is 4.79 Å². The Morgan fingerprint density at radius 2 is 2.33 bits per heavy atom. The Kier molecular flexibility index (Phi) is 1.07. The van der Waals surface area contributed by atoms with Crippen molar-refractivity contribution in [2.45, 2.75) is 26.2 Å². The number of amides is 1. The largest absolute Gasteiger partial charge is 0.355 e. The zero-order chi connectivity index (χ0) is 8.34. The molecule has 0 radical (unpaired) electrons. The molecule has 0 aromatic heterocycles. The van der Waals surface area contributed by atoms with Crippen LogP contribution in [-0.4, -0.2) is 12.5 Å². The fraction of sp³-hybridized carbons (Fsp3) is 0.900. The van der Waals surface area contributed by atoms with Crippen LogP contribution in [0.5, 0.6) is 0 Å². The highest BCUT2D eigenvalue weighted by Crippen LogP contribution is 2.61. The molecular formula is C10H15NO. The normalized spacial score (nSPS) is 55.8. The standard InChI is InChI=1S/C10H15NO/c1-10-7-3-2-6(4-7)8(10)5-11-9(10)12/h6-8H,2-5H2,1H3,(H,11,12)/t6-,7-,8+,10+/m0/s1. The molecule has 2 aliphatic carbocycles. The topological polar surface area (TPSA) is 29.1 Å². The van der Waals surface area contributed by atoms with Crippen LogP contribution in [0.4, 0.5) is 0 Å². The molecule has 0 aromatic rings. The van der Waals surface area contributed by atoms with E-state index in [1.165, 1.54) is 19.3 Å². The molecule has 3 aliphatic rings. The summed E-state index contributed by atoms with van der Waals surface area (Å²) in [7, 11) is 0. The first-order valence-electron chi connectivity index (χ1n) is 5.01. The molecule has 3 rings (SSSR count). The second kappa shape index (κ2) is 1.86. The quantitative estimate of drug-likeness (QED) is 0.573. The monoisotopic (exact) mass is 165 g/mol. The fourth-order valence-corrected chi connectivity index (χ4v) is 3.84. The van der Waals surface area contributed by atoms with E-state index in [1.54, 1.807) is 0 Å². The van der Waals surface area contributed by atoms with Crippen LogP contribution in [0.2, 0.25) is 0 Å². The van der Waals surface area contributed by atoms with Gasteiger partial charge in [-0.25, -0.2) is 0 Å². The lowest BCUT2D eigenvalue weighted by Gasteiger charge is -2.32. The van der Waals surface area contributed by atoms with E-state index in [0.717, 1.165) is 12.5 Å². The van der Waals surface area contributed by atoms with E-state index < -0.39 is 0 Å². The smallest absolute Gasteiger partial charge is 0.226 e. The van der Waals surface area contributed by atoms with Gasteiger partial charge in [0.1, 0.15) is 0 Å². The van der Waals surface area contributed by atoms with Gasteiger partial charge in [-0.1, -0.05) is 6.92 Å². The maximum absolute atomic E-state index is 11.7. The lowest BCUT2D eigenvalue weighted by Crippen LogP contribution is -2.36. The van der Waals surface area contributed by atoms with E-state index in [4.69, 9.17) is 0 Å². The lowest BCUT2D eigenvalue weighted by atomic mass is 9.69. The first-order chi connectivity index (χ1) is 5.73. The first kappa shape index (κ1) is 6.93. The Hall–Kier alpha value is -0.530. The van der Waals surface area contributed by atoms with Crippen molar-refractivity contribution in [1.82, 2.24) is 5.32 Å². The van der Waals surface area contributed by atoms with Crippen molar-refractivity contribution >= 4 is 5.91 Å². The molecule has 1 amide bonds. The van der Waals surface area contributed by atoms with Crippen LogP contribution in [0.25, 0.3) is 0 Å². The highest BCUT2D eigenvalue weighted by Gasteiger charge is 2.61. The number of fused-ring (bicyclic) bond motifs is 5. The summed E-state index contributed by atoms with van der Waals surface area (Å²) in [5.41, 5.74) is 0.0307. The molecule has 3 fully saturated rings. The SMILES string of the molecule is C[C@]12C(=O)NC[C@@H]1[C@H]1CC[C@H]2C1. The van der Waals surface area contributed by atoms with Crippen molar-refractivity contribution in [2.75, 3.05) is 6.54 Å². The summed E-state index contributed by atoms with van der Waals surface area (Å²) >= 11 is 0. The lowest BCUT2D eigenvalue weighted by molar-refractivity contribution is -0.130. The minimum Gasteiger partial charge on any atom is -0.355 e. The van der Waals surface area contributed by atoms with Crippen LogP contribution in [0, 0.1) is 23.2 Å². The molecule has 0 unspecified atom stereocenters. The Morgan fingerprint density at radius 3 is 3.08 bits per heavy atom. The van der Waals surface area contributed by atoms with Crippen molar-refractivity contribution in [3.8, 4) is 0 Å². The zero-order valence-corrected chi connectivity index (χ0v) is 7.47. The van der Waals surface area contributed by atoms with Crippen LogP contribution >= 0.6 is 0 Å². The van der Waals surface area contributed by atoms with E-state index >= 15 is 0 Å². The van der Waals surface area contributed by atoms with Gasteiger partial charge in [-0.2, -0.15) is 0 Å². The minimum atomic E-state index is 0.0307. The molecule has 2 heteroatoms. The third-order valence-corrected chi connectivity index (χ3v) is 4.63. The van der Waals surface area contributed by atoms with E-state index in [2.05, 4.69) is 12.2 Å². The molecule has 1 N–H and O–H groups in total. The second-order valence-corrected chi connectivity index (χ2v) is 4.87. The number of rotatable bonds is 0. The Morgan fingerprint density at radius 1 is 1.50 bits per heavy atom. The fourth-order valence-electron chi connectivity index (χ4n) is 3.84. The average molecular weight is 165 g/mol. The van der Waals surface area contributed by atoms with E-state index in [1.807, 2.05) is 0 Å². The van der Waals surface area contributed by atoms with Gasteiger partial charge in [0, 0.05) is 6.54 Å². The molecule has 1 aliphatic heterocycles. The summed E-state index contributed by atoms with van der Waals surface area (Å²) in [4.78, 5) is 11.7. The summed E-state index contributed by atoms with van der Waals surface area (Å²) in [6.45, 7) is 3.14. The Balaban J connectivity index is 2.06. The Bertz CT molecular complexity index is 250. The second-order valence-electron chi connectivity index (χ2n) is 4.87. The summed E-state index contributed by atoms with van der Waals surface area (Å²) in [5, 5.41) is 3.02. The molecule has 1 saturated heterocycles. The molecule has 0 aromatic carbocycles.